The molecule has 0 spiro atoms. The van der Waals surface area contributed by atoms with E-state index >= 15 is 0 Å². The highest BCUT2D eigenvalue weighted by Crippen LogP contribution is 2.46. The van der Waals surface area contributed by atoms with E-state index in [0.717, 1.165) is 5.52 Å². The van der Waals surface area contributed by atoms with E-state index < -0.39 is 0 Å². The molecule has 19 heavy (non-hydrogen) atoms. The number of thioether (sulfide) groups is 1. The molecule has 1 aromatic heterocycles. The molecular formula is C16H20N2S. The number of pyridine rings is 1. The molecule has 1 aromatic carbocycles. The average Bonchev–Trinajstić information content (AvgIpc) is 2.87. The van der Waals surface area contributed by atoms with Gasteiger partial charge in [0.25, 0.3) is 0 Å². The van der Waals surface area contributed by atoms with Gasteiger partial charge in [0.05, 0.1) is 5.52 Å². The van der Waals surface area contributed by atoms with Crippen LogP contribution in [0.3, 0.4) is 0 Å². The minimum Gasteiger partial charge on any atom is -0.312 e. The monoisotopic (exact) mass is 272 g/mol. The quantitative estimate of drug-likeness (QED) is 0.920. The van der Waals surface area contributed by atoms with E-state index in [0.29, 0.717) is 10.8 Å². The molecule has 2 unspecified atom stereocenters. The van der Waals surface area contributed by atoms with E-state index in [9.17, 15) is 0 Å². The number of nitrogens with one attached hydrogen (secondary N) is 1. The third-order valence-corrected chi connectivity index (χ3v) is 5.69. The zero-order valence-electron chi connectivity index (χ0n) is 11.5. The molecule has 0 aliphatic carbocycles. The van der Waals surface area contributed by atoms with Gasteiger partial charge in [0.2, 0.25) is 0 Å². The zero-order valence-corrected chi connectivity index (χ0v) is 12.3. The molecule has 100 valence electrons. The third-order valence-electron chi connectivity index (χ3n) is 4.09. The molecule has 1 aliphatic rings. The van der Waals surface area contributed by atoms with Crippen LogP contribution in [0.25, 0.3) is 10.9 Å². The fraction of sp³-hybridized carbons (Fsp3) is 0.438. The van der Waals surface area contributed by atoms with Gasteiger partial charge in [-0.3, -0.25) is 4.98 Å². The van der Waals surface area contributed by atoms with Crippen LogP contribution in [0, 0.1) is 0 Å². The number of benzene rings is 1. The number of rotatable bonds is 3. The average molecular weight is 272 g/mol. The first-order chi connectivity index (χ1) is 9.23. The SMILES string of the molecule is CNC(c1cnc2ccccc2c1)C1(C)CCCS1. The van der Waals surface area contributed by atoms with Crippen LogP contribution in [-0.4, -0.2) is 22.5 Å². The number of para-hydroxylation sites is 1. The molecule has 0 bridgehead atoms. The van der Waals surface area contributed by atoms with Crippen molar-refractivity contribution < 1.29 is 0 Å². The summed E-state index contributed by atoms with van der Waals surface area (Å²) in [5.41, 5.74) is 2.38. The Labute approximate surface area is 119 Å². The molecule has 0 amide bonds. The maximum Gasteiger partial charge on any atom is 0.0702 e. The van der Waals surface area contributed by atoms with E-state index in [1.54, 1.807) is 0 Å². The molecule has 2 heterocycles. The topological polar surface area (TPSA) is 24.9 Å². The van der Waals surface area contributed by atoms with Crippen LogP contribution < -0.4 is 5.32 Å². The lowest BCUT2D eigenvalue weighted by Gasteiger charge is -2.33. The number of fused-ring (bicyclic) bond motifs is 1. The Balaban J connectivity index is 2.01. The lowest BCUT2D eigenvalue weighted by Crippen LogP contribution is -2.35. The summed E-state index contributed by atoms with van der Waals surface area (Å²) < 4.78 is 0.291. The Bertz CT molecular complexity index is 576. The molecular weight excluding hydrogens is 252 g/mol. The second-order valence-electron chi connectivity index (χ2n) is 5.45. The van der Waals surface area contributed by atoms with E-state index in [4.69, 9.17) is 0 Å². The van der Waals surface area contributed by atoms with Crippen molar-refractivity contribution in [3.8, 4) is 0 Å². The summed E-state index contributed by atoms with van der Waals surface area (Å²) in [6, 6.07) is 11.0. The van der Waals surface area contributed by atoms with Crippen molar-refractivity contribution in [3.63, 3.8) is 0 Å². The largest absolute Gasteiger partial charge is 0.312 e. The van der Waals surface area contributed by atoms with Gasteiger partial charge in [0.15, 0.2) is 0 Å². The smallest absolute Gasteiger partial charge is 0.0702 e. The lowest BCUT2D eigenvalue weighted by atomic mass is 9.90. The molecule has 3 rings (SSSR count). The maximum atomic E-state index is 4.60. The van der Waals surface area contributed by atoms with Crippen LogP contribution in [0.4, 0.5) is 0 Å². The minimum absolute atomic E-state index is 0.291. The van der Waals surface area contributed by atoms with E-state index in [2.05, 4.69) is 60.3 Å². The van der Waals surface area contributed by atoms with Gasteiger partial charge in [0, 0.05) is 22.4 Å². The number of hydrogen-bond acceptors (Lipinski definition) is 3. The molecule has 1 saturated heterocycles. The fourth-order valence-corrected chi connectivity index (χ4v) is 4.56. The molecule has 2 aromatic rings. The van der Waals surface area contributed by atoms with E-state index in [-0.39, 0.29) is 0 Å². The first kappa shape index (κ1) is 12.9. The minimum atomic E-state index is 0.291. The van der Waals surface area contributed by atoms with Crippen molar-refractivity contribution >= 4 is 22.7 Å². The van der Waals surface area contributed by atoms with Gasteiger partial charge in [-0.25, -0.2) is 0 Å². The van der Waals surface area contributed by atoms with Gasteiger partial charge >= 0.3 is 0 Å². The summed E-state index contributed by atoms with van der Waals surface area (Å²) in [6.07, 6.45) is 4.63. The fourth-order valence-electron chi connectivity index (χ4n) is 3.10. The normalized spacial score (nSPS) is 24.7. The van der Waals surface area contributed by atoms with Crippen molar-refractivity contribution in [2.45, 2.75) is 30.6 Å². The van der Waals surface area contributed by atoms with Gasteiger partial charge in [-0.15, -0.1) is 0 Å². The Kier molecular flexibility index (Phi) is 3.50. The van der Waals surface area contributed by atoms with Crippen molar-refractivity contribution in [2.24, 2.45) is 0 Å². The van der Waals surface area contributed by atoms with Crippen LogP contribution in [0.2, 0.25) is 0 Å². The number of nitrogens with zero attached hydrogens (tertiary/aromatic N) is 1. The van der Waals surface area contributed by atoms with Crippen LogP contribution in [0.1, 0.15) is 31.4 Å². The second kappa shape index (κ2) is 5.14. The van der Waals surface area contributed by atoms with Crippen LogP contribution in [0.5, 0.6) is 0 Å². The van der Waals surface area contributed by atoms with Crippen molar-refractivity contribution in [3.05, 3.63) is 42.1 Å². The molecule has 1 N–H and O–H groups in total. The van der Waals surface area contributed by atoms with Crippen molar-refractivity contribution in [2.75, 3.05) is 12.8 Å². The number of hydrogen-bond donors (Lipinski definition) is 1. The summed E-state index contributed by atoms with van der Waals surface area (Å²) in [5.74, 6) is 1.27. The van der Waals surface area contributed by atoms with Crippen LogP contribution >= 0.6 is 11.8 Å². The molecule has 2 nitrogen and oxygen atoms in total. The molecule has 3 heteroatoms. The molecule has 0 saturated carbocycles. The highest BCUT2D eigenvalue weighted by molar-refractivity contribution is 8.00. The maximum absolute atomic E-state index is 4.60. The summed E-state index contributed by atoms with van der Waals surface area (Å²) in [7, 11) is 2.06. The van der Waals surface area contributed by atoms with Crippen LogP contribution in [0.15, 0.2) is 36.5 Å². The number of aromatic nitrogens is 1. The van der Waals surface area contributed by atoms with Gasteiger partial charge in [0.1, 0.15) is 0 Å². The Hall–Kier alpha value is -1.06. The predicted molar refractivity (Wildman–Crippen MR) is 83.6 cm³/mol. The molecule has 1 aliphatic heterocycles. The molecule has 1 fully saturated rings. The first-order valence-corrected chi connectivity index (χ1v) is 7.87. The summed E-state index contributed by atoms with van der Waals surface area (Å²) >= 11 is 2.09. The van der Waals surface area contributed by atoms with Gasteiger partial charge in [-0.2, -0.15) is 11.8 Å². The van der Waals surface area contributed by atoms with Gasteiger partial charge in [-0.1, -0.05) is 18.2 Å². The van der Waals surface area contributed by atoms with Crippen molar-refractivity contribution in [1.29, 1.82) is 0 Å². The summed E-state index contributed by atoms with van der Waals surface area (Å²) in [5, 5.41) is 4.73. The Morgan fingerprint density at radius 3 is 2.95 bits per heavy atom. The summed E-state index contributed by atoms with van der Waals surface area (Å²) in [4.78, 5) is 4.60. The van der Waals surface area contributed by atoms with Crippen LogP contribution in [-0.2, 0) is 0 Å². The summed E-state index contributed by atoms with van der Waals surface area (Å²) in [6.45, 7) is 2.38. The van der Waals surface area contributed by atoms with Gasteiger partial charge in [-0.05, 0) is 50.3 Å². The van der Waals surface area contributed by atoms with E-state index in [1.165, 1.54) is 29.5 Å². The van der Waals surface area contributed by atoms with E-state index in [1.807, 2.05) is 12.3 Å². The Morgan fingerprint density at radius 1 is 1.37 bits per heavy atom. The zero-order chi connectivity index (χ0) is 13.3. The lowest BCUT2D eigenvalue weighted by molar-refractivity contribution is 0.440. The first-order valence-electron chi connectivity index (χ1n) is 6.89. The second-order valence-corrected chi connectivity index (χ2v) is 7.08. The van der Waals surface area contributed by atoms with Gasteiger partial charge < -0.3 is 5.32 Å². The van der Waals surface area contributed by atoms with Crippen molar-refractivity contribution in [1.82, 2.24) is 10.3 Å². The standard InChI is InChI=1S/C16H20N2S/c1-16(8-5-9-19-16)15(17-2)13-10-12-6-3-4-7-14(12)18-11-13/h3-4,6-7,10-11,15,17H,5,8-9H2,1-2H3. The molecule has 0 radical (unpaired) electrons. The Morgan fingerprint density at radius 2 is 2.21 bits per heavy atom. The molecule has 2 atom stereocenters. The highest BCUT2D eigenvalue weighted by atomic mass is 32.2. The third kappa shape index (κ3) is 2.37. The predicted octanol–water partition coefficient (Wildman–Crippen LogP) is 3.78. The highest BCUT2D eigenvalue weighted by Gasteiger charge is 2.38.